The Labute approximate surface area is 175 Å². The van der Waals surface area contributed by atoms with E-state index in [1.807, 2.05) is 0 Å². The van der Waals surface area contributed by atoms with E-state index >= 15 is 0 Å². The molecule has 10 heteroatoms. The van der Waals surface area contributed by atoms with Crippen LogP contribution in [0.1, 0.15) is 32.4 Å². The standard InChI is InChI=1S/C19H17ClN4O4S/c1-11-21-17(28-24-11)10-29-14-6-3-12(4-7-14)18(25)22-23-19(26)15-9-13(20)5-8-16(15)27-2/h3-9H,10H2,1-2H3,(H,22,25)(H,23,26). The number of hydrazine groups is 1. The number of hydrogen-bond donors (Lipinski definition) is 2. The Morgan fingerprint density at radius 1 is 1.14 bits per heavy atom. The average Bonchev–Trinajstić information content (AvgIpc) is 3.15. The predicted molar refractivity (Wildman–Crippen MR) is 108 cm³/mol. The number of methoxy groups -OCH3 is 1. The van der Waals surface area contributed by atoms with Gasteiger partial charge in [-0.25, -0.2) is 0 Å². The molecule has 0 saturated heterocycles. The third-order valence-electron chi connectivity index (χ3n) is 3.74. The second-order valence-electron chi connectivity index (χ2n) is 5.80. The summed E-state index contributed by atoms with van der Waals surface area (Å²) in [6.45, 7) is 1.76. The number of carbonyl (C=O) groups is 2. The Bertz CT molecular complexity index is 1020. The number of amides is 2. The van der Waals surface area contributed by atoms with Crippen LogP contribution in [0, 0.1) is 6.92 Å². The van der Waals surface area contributed by atoms with Gasteiger partial charge in [-0.3, -0.25) is 20.4 Å². The summed E-state index contributed by atoms with van der Waals surface area (Å²) in [4.78, 5) is 29.6. The topological polar surface area (TPSA) is 106 Å². The van der Waals surface area contributed by atoms with Gasteiger partial charge in [-0.1, -0.05) is 16.8 Å². The normalized spacial score (nSPS) is 10.4. The molecule has 0 radical (unpaired) electrons. The molecule has 0 bridgehead atoms. The summed E-state index contributed by atoms with van der Waals surface area (Å²) in [5, 5.41) is 4.12. The Morgan fingerprint density at radius 2 is 1.86 bits per heavy atom. The minimum Gasteiger partial charge on any atom is -0.496 e. The first-order chi connectivity index (χ1) is 14.0. The van der Waals surface area contributed by atoms with Gasteiger partial charge >= 0.3 is 0 Å². The molecule has 2 amide bonds. The first kappa shape index (κ1) is 20.7. The molecule has 0 atom stereocenters. The van der Waals surface area contributed by atoms with Crippen molar-refractivity contribution in [2.75, 3.05) is 7.11 Å². The fourth-order valence-corrected chi connectivity index (χ4v) is 3.26. The van der Waals surface area contributed by atoms with Crippen molar-refractivity contribution < 1.29 is 18.8 Å². The highest BCUT2D eigenvalue weighted by Crippen LogP contribution is 2.23. The zero-order valence-corrected chi connectivity index (χ0v) is 17.1. The van der Waals surface area contributed by atoms with Crippen LogP contribution in [0.3, 0.4) is 0 Å². The highest BCUT2D eigenvalue weighted by atomic mass is 35.5. The van der Waals surface area contributed by atoms with Crippen LogP contribution >= 0.6 is 23.4 Å². The number of ether oxygens (including phenoxy) is 1. The minimum absolute atomic E-state index is 0.211. The molecule has 150 valence electrons. The van der Waals surface area contributed by atoms with Gasteiger partial charge in [0.25, 0.3) is 11.8 Å². The molecular weight excluding hydrogens is 416 g/mol. The van der Waals surface area contributed by atoms with Gasteiger partial charge in [0.2, 0.25) is 5.89 Å². The molecule has 2 aromatic carbocycles. The van der Waals surface area contributed by atoms with Crippen LogP contribution in [0.25, 0.3) is 0 Å². The zero-order chi connectivity index (χ0) is 20.8. The van der Waals surface area contributed by atoms with Crippen molar-refractivity contribution >= 4 is 35.2 Å². The van der Waals surface area contributed by atoms with E-state index in [4.69, 9.17) is 20.9 Å². The first-order valence-corrected chi connectivity index (χ1v) is 9.79. The van der Waals surface area contributed by atoms with Gasteiger partial charge in [0.15, 0.2) is 5.82 Å². The lowest BCUT2D eigenvalue weighted by Gasteiger charge is -2.11. The molecule has 0 spiro atoms. The van der Waals surface area contributed by atoms with Gasteiger partial charge in [-0.05, 0) is 49.4 Å². The van der Waals surface area contributed by atoms with Crippen molar-refractivity contribution in [1.29, 1.82) is 0 Å². The van der Waals surface area contributed by atoms with Crippen molar-refractivity contribution in [3.63, 3.8) is 0 Å². The fraction of sp³-hybridized carbons (Fsp3) is 0.158. The van der Waals surface area contributed by atoms with E-state index in [1.54, 1.807) is 43.3 Å². The molecule has 29 heavy (non-hydrogen) atoms. The van der Waals surface area contributed by atoms with Gasteiger partial charge in [-0.15, -0.1) is 11.8 Å². The number of aromatic nitrogens is 2. The van der Waals surface area contributed by atoms with E-state index < -0.39 is 11.8 Å². The maximum absolute atomic E-state index is 12.3. The number of aryl methyl sites for hydroxylation is 1. The predicted octanol–water partition coefficient (Wildman–Crippen LogP) is 3.41. The second-order valence-corrected chi connectivity index (χ2v) is 7.29. The summed E-state index contributed by atoms with van der Waals surface area (Å²) < 4.78 is 10.2. The Morgan fingerprint density at radius 3 is 2.52 bits per heavy atom. The van der Waals surface area contributed by atoms with E-state index in [1.165, 1.54) is 24.9 Å². The second kappa shape index (κ2) is 9.44. The van der Waals surface area contributed by atoms with Gasteiger partial charge in [0.05, 0.1) is 18.4 Å². The van der Waals surface area contributed by atoms with Crippen molar-refractivity contribution in [1.82, 2.24) is 21.0 Å². The van der Waals surface area contributed by atoms with E-state index in [9.17, 15) is 9.59 Å². The number of rotatable bonds is 6. The van der Waals surface area contributed by atoms with E-state index in [-0.39, 0.29) is 5.56 Å². The Kier molecular flexibility index (Phi) is 6.73. The molecule has 0 aliphatic carbocycles. The molecule has 3 rings (SSSR count). The van der Waals surface area contributed by atoms with Crippen LogP contribution in [-0.2, 0) is 5.75 Å². The molecule has 0 fully saturated rings. The largest absolute Gasteiger partial charge is 0.496 e. The maximum atomic E-state index is 12.3. The highest BCUT2D eigenvalue weighted by molar-refractivity contribution is 7.98. The smallest absolute Gasteiger partial charge is 0.273 e. The molecule has 0 aliphatic rings. The van der Waals surface area contributed by atoms with Gasteiger partial charge < -0.3 is 9.26 Å². The Hall–Kier alpha value is -3.04. The number of nitrogens with zero attached hydrogens (tertiary/aromatic N) is 2. The zero-order valence-electron chi connectivity index (χ0n) is 15.6. The first-order valence-electron chi connectivity index (χ1n) is 8.42. The summed E-state index contributed by atoms with van der Waals surface area (Å²) in [5.74, 6) is 1.00. The van der Waals surface area contributed by atoms with Crippen LogP contribution in [-0.4, -0.2) is 29.1 Å². The van der Waals surface area contributed by atoms with E-state index in [2.05, 4.69) is 21.0 Å². The number of carbonyl (C=O) groups excluding carboxylic acids is 2. The van der Waals surface area contributed by atoms with E-state index in [0.29, 0.717) is 33.8 Å². The van der Waals surface area contributed by atoms with Crippen molar-refractivity contribution in [3.05, 3.63) is 70.3 Å². The summed E-state index contributed by atoms with van der Waals surface area (Å²) in [5.41, 5.74) is 5.33. The monoisotopic (exact) mass is 432 g/mol. The van der Waals surface area contributed by atoms with Crippen molar-refractivity contribution in [3.8, 4) is 5.75 Å². The third kappa shape index (κ3) is 5.49. The highest BCUT2D eigenvalue weighted by Gasteiger charge is 2.14. The van der Waals surface area contributed by atoms with Crippen molar-refractivity contribution in [2.45, 2.75) is 17.6 Å². The van der Waals surface area contributed by atoms with Crippen LogP contribution in [0.4, 0.5) is 0 Å². The summed E-state index contributed by atoms with van der Waals surface area (Å²) in [6.07, 6.45) is 0. The van der Waals surface area contributed by atoms with Crippen LogP contribution in [0.2, 0.25) is 5.02 Å². The lowest BCUT2D eigenvalue weighted by Crippen LogP contribution is -2.41. The Balaban J connectivity index is 1.55. The maximum Gasteiger partial charge on any atom is 0.273 e. The summed E-state index contributed by atoms with van der Waals surface area (Å²) >= 11 is 7.42. The molecule has 1 aromatic heterocycles. The third-order valence-corrected chi connectivity index (χ3v) is 4.98. The SMILES string of the molecule is COc1ccc(Cl)cc1C(=O)NNC(=O)c1ccc(SCc2nc(C)no2)cc1. The lowest BCUT2D eigenvalue weighted by molar-refractivity contribution is 0.0845. The lowest BCUT2D eigenvalue weighted by atomic mass is 10.2. The number of thioether (sulfide) groups is 1. The average molecular weight is 433 g/mol. The molecule has 0 saturated carbocycles. The van der Waals surface area contributed by atoms with Crippen LogP contribution in [0.15, 0.2) is 51.9 Å². The van der Waals surface area contributed by atoms with Gasteiger partial charge in [-0.2, -0.15) is 4.98 Å². The van der Waals surface area contributed by atoms with Crippen LogP contribution in [0.5, 0.6) is 5.75 Å². The quantitative estimate of drug-likeness (QED) is 0.454. The number of benzene rings is 2. The molecule has 0 aliphatic heterocycles. The molecule has 0 unspecified atom stereocenters. The van der Waals surface area contributed by atoms with Gasteiger partial charge in [0, 0.05) is 15.5 Å². The van der Waals surface area contributed by atoms with Crippen LogP contribution < -0.4 is 15.6 Å². The van der Waals surface area contributed by atoms with E-state index in [0.717, 1.165) is 4.90 Å². The molecule has 1 heterocycles. The fourth-order valence-electron chi connectivity index (χ4n) is 2.36. The molecule has 3 aromatic rings. The number of nitrogens with one attached hydrogen (secondary N) is 2. The summed E-state index contributed by atoms with van der Waals surface area (Å²) in [6, 6.07) is 11.5. The van der Waals surface area contributed by atoms with Crippen molar-refractivity contribution in [2.24, 2.45) is 0 Å². The number of halogens is 1. The molecular formula is C19H17ClN4O4S. The minimum atomic E-state index is -0.542. The molecule has 8 nitrogen and oxygen atoms in total. The molecule has 2 N–H and O–H groups in total. The van der Waals surface area contributed by atoms with Gasteiger partial charge in [0.1, 0.15) is 5.75 Å². The summed E-state index contributed by atoms with van der Waals surface area (Å²) in [7, 11) is 1.44. The number of hydrogen-bond acceptors (Lipinski definition) is 7.